The molecule has 0 atom stereocenters. The van der Waals surface area contributed by atoms with Gasteiger partial charge in [0.15, 0.2) is 11.0 Å². The van der Waals surface area contributed by atoms with E-state index in [1.807, 2.05) is 60.0 Å². The lowest BCUT2D eigenvalue weighted by molar-refractivity contribution is -0.139. The number of carbonyl (C=O) groups is 1. The van der Waals surface area contributed by atoms with E-state index in [2.05, 4.69) is 15.5 Å². The van der Waals surface area contributed by atoms with Gasteiger partial charge in [-0.3, -0.25) is 9.36 Å². The van der Waals surface area contributed by atoms with Gasteiger partial charge in [-0.2, -0.15) is 0 Å². The van der Waals surface area contributed by atoms with Crippen LogP contribution in [0.25, 0.3) is 5.69 Å². The summed E-state index contributed by atoms with van der Waals surface area (Å²) in [6, 6.07) is 15.6. The molecule has 1 heterocycles. The molecular weight excluding hydrogens is 396 g/mol. The third-order valence-corrected chi connectivity index (χ3v) is 5.27. The minimum absolute atomic E-state index is 0.180. The normalized spacial score (nSPS) is 10.7. The van der Waals surface area contributed by atoms with Gasteiger partial charge in [-0.15, -0.1) is 10.2 Å². The lowest BCUT2D eigenvalue weighted by Crippen LogP contribution is -2.10. The Morgan fingerprint density at radius 2 is 2.00 bits per heavy atom. The third kappa shape index (κ3) is 5.05. The van der Waals surface area contributed by atoms with E-state index >= 15 is 0 Å². The molecule has 2 aromatic carbocycles. The van der Waals surface area contributed by atoms with E-state index in [1.165, 1.54) is 11.8 Å². The van der Waals surface area contributed by atoms with Gasteiger partial charge < -0.3 is 10.1 Å². The molecule has 0 aliphatic rings. The van der Waals surface area contributed by atoms with Crippen LogP contribution in [-0.2, 0) is 16.1 Å². The van der Waals surface area contributed by atoms with Gasteiger partial charge in [-0.25, -0.2) is 0 Å². The van der Waals surface area contributed by atoms with E-state index in [4.69, 9.17) is 16.3 Å². The summed E-state index contributed by atoms with van der Waals surface area (Å²) in [6.07, 6.45) is 0. The van der Waals surface area contributed by atoms with Gasteiger partial charge in [0.1, 0.15) is 0 Å². The summed E-state index contributed by atoms with van der Waals surface area (Å²) in [5.41, 5.74) is 2.86. The number of anilines is 1. The zero-order valence-corrected chi connectivity index (χ0v) is 17.3. The average molecular weight is 417 g/mol. The number of aryl methyl sites for hydroxylation is 1. The maximum atomic E-state index is 11.7. The molecule has 6 nitrogen and oxygen atoms in total. The number of nitrogens with one attached hydrogen (secondary N) is 1. The minimum atomic E-state index is -0.274. The Morgan fingerprint density at radius 3 is 2.71 bits per heavy atom. The number of hydrogen-bond acceptors (Lipinski definition) is 6. The van der Waals surface area contributed by atoms with Crippen LogP contribution in [0.2, 0.25) is 5.02 Å². The number of benzene rings is 2. The number of hydrogen-bond donors (Lipinski definition) is 1. The summed E-state index contributed by atoms with van der Waals surface area (Å²) in [5.74, 6) is 0.637. The van der Waals surface area contributed by atoms with Crippen molar-refractivity contribution in [3.63, 3.8) is 0 Å². The molecule has 3 rings (SSSR count). The predicted octanol–water partition coefficient (Wildman–Crippen LogP) is 4.50. The predicted molar refractivity (Wildman–Crippen MR) is 112 cm³/mol. The monoisotopic (exact) mass is 416 g/mol. The molecule has 0 fully saturated rings. The van der Waals surface area contributed by atoms with Crippen LogP contribution >= 0.6 is 23.4 Å². The van der Waals surface area contributed by atoms with Gasteiger partial charge in [0.25, 0.3) is 0 Å². The number of thioether (sulfide) groups is 1. The van der Waals surface area contributed by atoms with Crippen molar-refractivity contribution in [2.45, 2.75) is 25.5 Å². The van der Waals surface area contributed by atoms with Crippen molar-refractivity contribution in [1.29, 1.82) is 0 Å². The van der Waals surface area contributed by atoms with E-state index in [-0.39, 0.29) is 11.7 Å². The molecule has 0 unspecified atom stereocenters. The molecule has 0 saturated heterocycles. The molecule has 8 heteroatoms. The molecule has 28 heavy (non-hydrogen) atoms. The first-order chi connectivity index (χ1) is 13.6. The molecule has 0 saturated carbocycles. The summed E-state index contributed by atoms with van der Waals surface area (Å²) in [6.45, 7) is 4.57. The van der Waals surface area contributed by atoms with Crippen molar-refractivity contribution in [2.24, 2.45) is 0 Å². The van der Waals surface area contributed by atoms with Gasteiger partial charge in [0, 0.05) is 16.4 Å². The van der Waals surface area contributed by atoms with Gasteiger partial charge in [0.2, 0.25) is 0 Å². The minimum Gasteiger partial charge on any atom is -0.465 e. The number of nitrogens with zero attached hydrogens (tertiary/aromatic N) is 3. The summed E-state index contributed by atoms with van der Waals surface area (Å²) in [5, 5.41) is 13.3. The fraction of sp³-hybridized carbons (Fsp3) is 0.250. The molecular formula is C20H21ClN4O2S. The highest BCUT2D eigenvalue weighted by Crippen LogP contribution is 2.24. The van der Waals surface area contributed by atoms with E-state index in [0.717, 1.165) is 22.8 Å². The Bertz CT molecular complexity index is 947. The van der Waals surface area contributed by atoms with E-state index < -0.39 is 0 Å². The van der Waals surface area contributed by atoms with Crippen molar-refractivity contribution >= 4 is 35.0 Å². The molecule has 0 aliphatic carbocycles. The molecule has 3 aromatic rings. The Kier molecular flexibility index (Phi) is 6.95. The van der Waals surface area contributed by atoms with Crippen LogP contribution < -0.4 is 5.32 Å². The first-order valence-corrected chi connectivity index (χ1v) is 10.2. The maximum Gasteiger partial charge on any atom is 0.316 e. The fourth-order valence-electron chi connectivity index (χ4n) is 2.55. The second kappa shape index (κ2) is 9.61. The van der Waals surface area contributed by atoms with Gasteiger partial charge in [0.05, 0.1) is 18.9 Å². The van der Waals surface area contributed by atoms with Crippen LogP contribution in [0, 0.1) is 6.92 Å². The Morgan fingerprint density at radius 1 is 1.21 bits per heavy atom. The molecule has 146 valence electrons. The molecule has 0 bridgehead atoms. The summed E-state index contributed by atoms with van der Waals surface area (Å²) in [4.78, 5) is 11.7. The smallest absolute Gasteiger partial charge is 0.316 e. The number of para-hydroxylation sites is 1. The molecule has 0 aliphatic heterocycles. The summed E-state index contributed by atoms with van der Waals surface area (Å²) < 4.78 is 6.94. The van der Waals surface area contributed by atoms with Crippen molar-refractivity contribution in [3.05, 3.63) is 64.9 Å². The quantitative estimate of drug-likeness (QED) is 0.430. The Labute approximate surface area is 173 Å². The van der Waals surface area contributed by atoms with E-state index in [1.54, 1.807) is 6.92 Å². The maximum absolute atomic E-state index is 11.7. The number of rotatable bonds is 8. The van der Waals surface area contributed by atoms with Gasteiger partial charge in [-0.1, -0.05) is 47.6 Å². The second-order valence-corrected chi connectivity index (χ2v) is 7.33. The summed E-state index contributed by atoms with van der Waals surface area (Å²) in [7, 11) is 0. The highest BCUT2D eigenvalue weighted by Gasteiger charge is 2.16. The number of carbonyl (C=O) groups excluding carboxylic acids is 1. The van der Waals surface area contributed by atoms with Gasteiger partial charge >= 0.3 is 5.97 Å². The van der Waals surface area contributed by atoms with Crippen molar-refractivity contribution < 1.29 is 9.53 Å². The molecule has 0 amide bonds. The highest BCUT2D eigenvalue weighted by atomic mass is 35.5. The molecule has 1 N–H and O–H groups in total. The topological polar surface area (TPSA) is 69.0 Å². The zero-order chi connectivity index (χ0) is 19.9. The van der Waals surface area contributed by atoms with Crippen LogP contribution in [0.4, 0.5) is 5.69 Å². The SMILES string of the molecule is CCOC(=O)CSc1nnc(CNc2ccc(C)c(Cl)c2)n1-c1ccccc1. The Hall–Kier alpha value is -2.51. The number of halogens is 1. The molecule has 0 spiro atoms. The van der Waals surface area contributed by atoms with Crippen molar-refractivity contribution in [1.82, 2.24) is 14.8 Å². The van der Waals surface area contributed by atoms with Crippen LogP contribution in [0.3, 0.4) is 0 Å². The average Bonchev–Trinajstić information content (AvgIpc) is 3.11. The first kappa shape index (κ1) is 20.2. The lowest BCUT2D eigenvalue weighted by atomic mass is 10.2. The molecule has 0 radical (unpaired) electrons. The van der Waals surface area contributed by atoms with Crippen molar-refractivity contribution in [2.75, 3.05) is 17.7 Å². The highest BCUT2D eigenvalue weighted by molar-refractivity contribution is 7.99. The van der Waals surface area contributed by atoms with E-state index in [0.29, 0.717) is 23.3 Å². The standard InChI is InChI=1S/C20H21ClN4O2S/c1-3-27-19(26)13-28-20-24-23-18(25(20)16-7-5-4-6-8-16)12-22-15-10-9-14(2)17(21)11-15/h4-11,22H,3,12-13H2,1-2H3. The zero-order valence-electron chi connectivity index (χ0n) is 15.7. The summed E-state index contributed by atoms with van der Waals surface area (Å²) >= 11 is 7.51. The van der Waals surface area contributed by atoms with Crippen LogP contribution in [0.5, 0.6) is 0 Å². The number of aromatic nitrogens is 3. The van der Waals surface area contributed by atoms with Crippen molar-refractivity contribution in [3.8, 4) is 5.69 Å². The largest absolute Gasteiger partial charge is 0.465 e. The molecule has 1 aromatic heterocycles. The lowest BCUT2D eigenvalue weighted by Gasteiger charge is -2.12. The van der Waals surface area contributed by atoms with Crippen LogP contribution in [-0.4, -0.2) is 33.1 Å². The fourth-order valence-corrected chi connectivity index (χ4v) is 3.50. The first-order valence-electron chi connectivity index (χ1n) is 8.86. The Balaban J connectivity index is 1.81. The van der Waals surface area contributed by atoms with Gasteiger partial charge in [-0.05, 0) is 43.7 Å². The van der Waals surface area contributed by atoms with Crippen LogP contribution in [0.15, 0.2) is 53.7 Å². The second-order valence-electron chi connectivity index (χ2n) is 5.98. The van der Waals surface area contributed by atoms with Crippen LogP contribution in [0.1, 0.15) is 18.3 Å². The van der Waals surface area contributed by atoms with E-state index in [9.17, 15) is 4.79 Å². The number of ether oxygens (including phenoxy) is 1. The number of esters is 1. The third-order valence-electron chi connectivity index (χ3n) is 3.96.